The van der Waals surface area contributed by atoms with E-state index >= 15 is 0 Å². The minimum Gasteiger partial charge on any atom is -0.388 e. The molecule has 0 saturated carbocycles. The highest BCUT2D eigenvalue weighted by Crippen LogP contribution is 2.36. The largest absolute Gasteiger partial charge is 0.388 e. The van der Waals surface area contributed by atoms with Gasteiger partial charge in [0.25, 0.3) is 5.91 Å². The SMILES string of the molecule is Cn1ccc2c(-c3ncc(Nc4ccc(N5CCO[C@@H](C(C)(C)O)C5)nc4)c4c3CNC4=O)ccnc21. The number of hydrogen-bond donors (Lipinski definition) is 3. The summed E-state index contributed by atoms with van der Waals surface area (Å²) >= 11 is 0. The van der Waals surface area contributed by atoms with Crippen molar-refractivity contribution in [1.82, 2.24) is 24.8 Å². The van der Waals surface area contributed by atoms with Gasteiger partial charge in [0.05, 0.1) is 47.2 Å². The van der Waals surface area contributed by atoms with Crippen LogP contribution in [-0.2, 0) is 18.3 Å². The van der Waals surface area contributed by atoms with Gasteiger partial charge >= 0.3 is 0 Å². The zero-order chi connectivity index (χ0) is 25.7. The molecule has 1 atom stereocenters. The molecule has 1 saturated heterocycles. The third-order valence-electron chi connectivity index (χ3n) is 7.06. The van der Waals surface area contributed by atoms with Gasteiger partial charge in [0.2, 0.25) is 0 Å². The summed E-state index contributed by atoms with van der Waals surface area (Å²) in [5.41, 5.74) is 4.51. The molecule has 0 radical (unpaired) electrons. The molecule has 6 rings (SSSR count). The first-order chi connectivity index (χ1) is 17.8. The fraction of sp³-hybridized carbons (Fsp3) is 0.333. The van der Waals surface area contributed by atoms with Gasteiger partial charge < -0.3 is 29.9 Å². The molecule has 1 amide bonds. The van der Waals surface area contributed by atoms with Crippen LogP contribution >= 0.6 is 0 Å². The van der Waals surface area contributed by atoms with Crippen LogP contribution in [0.15, 0.2) is 49.1 Å². The first-order valence-corrected chi connectivity index (χ1v) is 12.3. The Morgan fingerprint density at radius 1 is 1.16 bits per heavy atom. The second-order valence-corrected chi connectivity index (χ2v) is 10.1. The van der Waals surface area contributed by atoms with Gasteiger partial charge in [0.15, 0.2) is 0 Å². The quantitative estimate of drug-likeness (QED) is 0.384. The Morgan fingerprint density at radius 2 is 2.03 bits per heavy atom. The molecule has 0 spiro atoms. The first kappa shape index (κ1) is 23.4. The summed E-state index contributed by atoms with van der Waals surface area (Å²) in [6, 6.07) is 7.83. The number of fused-ring (bicyclic) bond motifs is 2. The number of aryl methyl sites for hydroxylation is 1. The standard InChI is InChI=1S/C27H29N7O3/c1-27(2,36)21-15-34(10-11-37-21)22-5-4-16(12-29-22)32-20-14-30-24(19-13-31-26(35)23(19)20)17-6-8-28-25-18(17)7-9-33(25)3/h4-9,12,14,21,32,36H,10-11,13,15H2,1-3H3,(H,31,35)/t21-/m1/s1. The average Bonchev–Trinajstić information content (AvgIpc) is 3.47. The number of nitrogens with zero attached hydrogens (tertiary/aromatic N) is 5. The Kier molecular flexibility index (Phi) is 5.58. The Balaban J connectivity index is 1.28. The molecule has 190 valence electrons. The maximum Gasteiger partial charge on any atom is 0.254 e. The summed E-state index contributed by atoms with van der Waals surface area (Å²) in [5.74, 6) is 0.680. The molecule has 37 heavy (non-hydrogen) atoms. The summed E-state index contributed by atoms with van der Waals surface area (Å²) in [6.07, 6.45) is 6.90. The molecule has 0 aliphatic carbocycles. The van der Waals surface area contributed by atoms with Crippen molar-refractivity contribution in [2.75, 3.05) is 29.9 Å². The molecule has 3 N–H and O–H groups in total. The van der Waals surface area contributed by atoms with Crippen molar-refractivity contribution in [3.8, 4) is 11.3 Å². The summed E-state index contributed by atoms with van der Waals surface area (Å²) in [7, 11) is 1.96. The van der Waals surface area contributed by atoms with Crippen molar-refractivity contribution in [2.24, 2.45) is 7.05 Å². The zero-order valence-electron chi connectivity index (χ0n) is 21.0. The van der Waals surface area contributed by atoms with Gasteiger partial charge in [-0.3, -0.25) is 9.78 Å². The Bertz CT molecular complexity index is 1490. The Morgan fingerprint density at radius 3 is 2.81 bits per heavy atom. The van der Waals surface area contributed by atoms with E-state index < -0.39 is 5.60 Å². The number of ether oxygens (including phenoxy) is 1. The Hall–Kier alpha value is -4.02. The lowest BCUT2D eigenvalue weighted by molar-refractivity contribution is -0.0929. The minimum absolute atomic E-state index is 0.130. The lowest BCUT2D eigenvalue weighted by atomic mass is 10.00. The van der Waals surface area contributed by atoms with Crippen LogP contribution in [0.1, 0.15) is 29.8 Å². The molecule has 0 unspecified atom stereocenters. The van der Waals surface area contributed by atoms with E-state index in [1.54, 1.807) is 32.4 Å². The summed E-state index contributed by atoms with van der Waals surface area (Å²) in [5, 5.41) is 17.6. The molecule has 1 fully saturated rings. The number of nitrogens with one attached hydrogen (secondary N) is 2. The monoisotopic (exact) mass is 499 g/mol. The fourth-order valence-electron chi connectivity index (χ4n) is 5.03. The predicted octanol–water partition coefficient (Wildman–Crippen LogP) is 2.99. The van der Waals surface area contributed by atoms with Gasteiger partial charge in [-0.05, 0) is 38.1 Å². The van der Waals surface area contributed by atoms with Gasteiger partial charge in [-0.1, -0.05) is 0 Å². The van der Waals surface area contributed by atoms with Crippen molar-refractivity contribution >= 4 is 34.1 Å². The zero-order valence-corrected chi connectivity index (χ0v) is 21.0. The van der Waals surface area contributed by atoms with Crippen LogP contribution in [0.2, 0.25) is 0 Å². The number of anilines is 3. The van der Waals surface area contributed by atoms with Crippen molar-refractivity contribution in [1.29, 1.82) is 0 Å². The number of rotatable bonds is 5. The number of morpholine rings is 1. The third-order valence-corrected chi connectivity index (χ3v) is 7.06. The second-order valence-electron chi connectivity index (χ2n) is 10.1. The maximum atomic E-state index is 12.9. The second kappa shape index (κ2) is 8.82. The van der Waals surface area contributed by atoms with Gasteiger partial charge in [-0.15, -0.1) is 0 Å². The van der Waals surface area contributed by atoms with Crippen molar-refractivity contribution in [3.63, 3.8) is 0 Å². The van der Waals surface area contributed by atoms with Gasteiger partial charge in [-0.2, -0.15) is 0 Å². The van der Waals surface area contributed by atoms with Crippen LogP contribution in [0.5, 0.6) is 0 Å². The van der Waals surface area contributed by atoms with Crippen LogP contribution in [0.3, 0.4) is 0 Å². The molecular formula is C27H29N7O3. The number of aliphatic hydroxyl groups is 1. The fourth-order valence-corrected chi connectivity index (χ4v) is 5.03. The smallest absolute Gasteiger partial charge is 0.254 e. The summed E-state index contributed by atoms with van der Waals surface area (Å²) in [4.78, 5) is 28.8. The number of hydrogen-bond acceptors (Lipinski definition) is 8. The van der Waals surface area contributed by atoms with E-state index in [0.29, 0.717) is 37.5 Å². The third kappa shape index (κ3) is 4.17. The predicted molar refractivity (Wildman–Crippen MR) is 141 cm³/mol. The molecule has 4 aromatic heterocycles. The van der Waals surface area contributed by atoms with Gasteiger partial charge in [0, 0.05) is 55.6 Å². The van der Waals surface area contributed by atoms with Gasteiger partial charge in [-0.25, -0.2) is 9.97 Å². The molecule has 0 bridgehead atoms. The molecule has 2 aliphatic heterocycles. The van der Waals surface area contributed by atoms with E-state index in [9.17, 15) is 9.90 Å². The number of carbonyl (C=O) groups is 1. The minimum atomic E-state index is -0.928. The van der Waals surface area contributed by atoms with Gasteiger partial charge in [0.1, 0.15) is 17.6 Å². The topological polar surface area (TPSA) is 117 Å². The highest BCUT2D eigenvalue weighted by Gasteiger charge is 2.33. The van der Waals surface area contributed by atoms with E-state index in [4.69, 9.17) is 9.72 Å². The van der Waals surface area contributed by atoms with E-state index in [2.05, 4.69) is 25.5 Å². The van der Waals surface area contributed by atoms with Crippen molar-refractivity contribution < 1.29 is 14.6 Å². The number of carbonyl (C=O) groups excluding carboxylic acids is 1. The molecular weight excluding hydrogens is 470 g/mol. The van der Waals surface area contributed by atoms with E-state index in [1.807, 2.05) is 42.1 Å². The van der Waals surface area contributed by atoms with E-state index in [-0.39, 0.29) is 12.0 Å². The average molecular weight is 500 g/mol. The first-order valence-electron chi connectivity index (χ1n) is 12.3. The lowest BCUT2D eigenvalue weighted by Gasteiger charge is -2.39. The van der Waals surface area contributed by atoms with E-state index in [1.165, 1.54) is 0 Å². The number of aromatic nitrogens is 4. The maximum absolute atomic E-state index is 12.9. The number of amides is 1. The van der Waals surface area contributed by atoms with Crippen molar-refractivity contribution in [3.05, 3.63) is 60.2 Å². The normalized spacial score (nSPS) is 17.7. The number of pyridine rings is 3. The molecule has 2 aliphatic rings. The summed E-state index contributed by atoms with van der Waals surface area (Å²) in [6.45, 7) is 5.72. The lowest BCUT2D eigenvalue weighted by Crippen LogP contribution is -2.52. The van der Waals surface area contributed by atoms with E-state index in [0.717, 1.165) is 39.4 Å². The van der Waals surface area contributed by atoms with Crippen molar-refractivity contribution in [2.45, 2.75) is 32.1 Å². The van der Waals surface area contributed by atoms with Crippen LogP contribution in [0, 0.1) is 0 Å². The van der Waals surface area contributed by atoms with Crippen LogP contribution in [0.4, 0.5) is 17.2 Å². The van der Waals surface area contributed by atoms with Crippen LogP contribution in [-0.4, -0.2) is 61.9 Å². The molecule has 6 heterocycles. The molecule has 0 aromatic carbocycles. The molecule has 10 nitrogen and oxygen atoms in total. The molecule has 10 heteroatoms. The van der Waals surface area contributed by atoms with Crippen LogP contribution < -0.4 is 15.5 Å². The highest BCUT2D eigenvalue weighted by atomic mass is 16.5. The molecule has 4 aromatic rings. The summed E-state index contributed by atoms with van der Waals surface area (Å²) < 4.78 is 7.70. The highest BCUT2D eigenvalue weighted by molar-refractivity contribution is 6.06. The van der Waals surface area contributed by atoms with Crippen LogP contribution in [0.25, 0.3) is 22.3 Å². The Labute approximate surface area is 214 Å².